The van der Waals surface area contributed by atoms with E-state index in [1.807, 2.05) is 0 Å². The van der Waals surface area contributed by atoms with Crippen LogP contribution >= 0.6 is 15.9 Å². The van der Waals surface area contributed by atoms with Crippen molar-refractivity contribution < 1.29 is 9.18 Å². The van der Waals surface area contributed by atoms with Gasteiger partial charge in [-0.15, -0.1) is 0 Å². The first-order valence-electron chi connectivity index (χ1n) is 5.25. The second-order valence-corrected chi connectivity index (χ2v) is 4.62. The van der Waals surface area contributed by atoms with E-state index in [0.29, 0.717) is 16.0 Å². The molecule has 0 aliphatic carbocycles. The number of nitrogens with zero attached hydrogens (tertiary/aromatic N) is 1. The van der Waals surface area contributed by atoms with Gasteiger partial charge < -0.3 is 16.8 Å². The number of halogens is 2. The quantitative estimate of drug-likeness (QED) is 0.808. The van der Waals surface area contributed by atoms with E-state index in [4.69, 9.17) is 11.5 Å². The van der Waals surface area contributed by atoms with E-state index in [9.17, 15) is 9.18 Å². The van der Waals surface area contributed by atoms with Gasteiger partial charge in [0.05, 0.1) is 23.1 Å². The highest BCUT2D eigenvalue weighted by Gasteiger charge is 2.09. The number of benzene rings is 1. The minimum Gasteiger partial charge on any atom is -0.397 e. The topological polar surface area (TPSA) is 94.0 Å². The van der Waals surface area contributed by atoms with Crippen molar-refractivity contribution in [2.45, 2.75) is 0 Å². The number of rotatable bonds is 3. The van der Waals surface area contributed by atoms with Gasteiger partial charge in [-0.25, -0.2) is 9.37 Å². The number of carbonyl (C=O) groups excluding carboxylic acids is 1. The monoisotopic (exact) mass is 324 g/mol. The molecule has 0 unspecified atom stereocenters. The Morgan fingerprint density at radius 2 is 2.11 bits per heavy atom. The van der Waals surface area contributed by atoms with Gasteiger partial charge in [0.25, 0.3) is 5.91 Å². The zero-order chi connectivity index (χ0) is 14.0. The molecule has 19 heavy (non-hydrogen) atoms. The number of primary amides is 1. The maximum absolute atomic E-state index is 13.1. The number of nitrogens with two attached hydrogens (primary N) is 2. The number of carbonyl (C=O) groups is 1. The zero-order valence-electron chi connectivity index (χ0n) is 9.65. The minimum absolute atomic E-state index is 0.157. The Morgan fingerprint density at radius 3 is 2.79 bits per heavy atom. The van der Waals surface area contributed by atoms with Gasteiger partial charge in [0.2, 0.25) is 0 Å². The highest BCUT2D eigenvalue weighted by Crippen LogP contribution is 2.26. The van der Waals surface area contributed by atoms with Gasteiger partial charge >= 0.3 is 0 Å². The number of hydrogen-bond acceptors (Lipinski definition) is 4. The summed E-state index contributed by atoms with van der Waals surface area (Å²) in [7, 11) is 0. The van der Waals surface area contributed by atoms with Gasteiger partial charge in [-0.2, -0.15) is 0 Å². The molecule has 2 aromatic rings. The lowest BCUT2D eigenvalue weighted by Gasteiger charge is -2.09. The molecule has 7 heteroatoms. The van der Waals surface area contributed by atoms with E-state index in [1.54, 1.807) is 6.07 Å². The summed E-state index contributed by atoms with van der Waals surface area (Å²) >= 11 is 3.28. The Kier molecular flexibility index (Phi) is 3.66. The van der Waals surface area contributed by atoms with Crippen LogP contribution in [0.5, 0.6) is 0 Å². The highest BCUT2D eigenvalue weighted by atomic mass is 79.9. The molecule has 0 bridgehead atoms. The average Bonchev–Trinajstić information content (AvgIpc) is 2.36. The molecular weight excluding hydrogens is 315 g/mol. The summed E-state index contributed by atoms with van der Waals surface area (Å²) in [6.45, 7) is 0. The molecule has 0 fully saturated rings. The molecule has 0 saturated carbocycles. The van der Waals surface area contributed by atoms with Crippen LogP contribution in [-0.2, 0) is 0 Å². The van der Waals surface area contributed by atoms with Crippen molar-refractivity contribution >= 4 is 39.0 Å². The van der Waals surface area contributed by atoms with Crippen molar-refractivity contribution in [3.8, 4) is 0 Å². The molecule has 0 atom stereocenters. The second kappa shape index (κ2) is 5.23. The van der Waals surface area contributed by atoms with Crippen LogP contribution in [0.2, 0.25) is 0 Å². The summed E-state index contributed by atoms with van der Waals surface area (Å²) in [5, 5.41) is 2.87. The maximum Gasteiger partial charge on any atom is 0.250 e. The van der Waals surface area contributed by atoms with Crippen molar-refractivity contribution in [2.24, 2.45) is 5.73 Å². The molecule has 5 nitrogen and oxygen atoms in total. The number of anilines is 3. The number of pyridine rings is 1. The van der Waals surface area contributed by atoms with Crippen LogP contribution in [0.4, 0.5) is 21.6 Å². The van der Waals surface area contributed by atoms with Gasteiger partial charge in [-0.05, 0) is 40.2 Å². The van der Waals surface area contributed by atoms with Crippen molar-refractivity contribution in [1.82, 2.24) is 4.98 Å². The third-order valence-electron chi connectivity index (χ3n) is 2.39. The molecule has 0 saturated heterocycles. The van der Waals surface area contributed by atoms with Gasteiger partial charge in [-0.1, -0.05) is 0 Å². The Balaban J connectivity index is 2.36. The third-order valence-corrected chi connectivity index (χ3v) is 3.08. The van der Waals surface area contributed by atoms with E-state index < -0.39 is 11.7 Å². The lowest BCUT2D eigenvalue weighted by molar-refractivity contribution is 0.100. The first kappa shape index (κ1) is 13.3. The smallest absolute Gasteiger partial charge is 0.250 e. The predicted octanol–water partition coefficient (Wildman–Crippen LogP) is 2.41. The second-order valence-electron chi connectivity index (χ2n) is 3.77. The number of nitrogens with one attached hydrogen (secondary N) is 1. The summed E-state index contributed by atoms with van der Waals surface area (Å²) in [5.41, 5.74) is 11.6. The van der Waals surface area contributed by atoms with Crippen LogP contribution in [0.1, 0.15) is 10.4 Å². The highest BCUT2D eigenvalue weighted by molar-refractivity contribution is 9.10. The van der Waals surface area contributed by atoms with E-state index in [0.717, 1.165) is 0 Å². The molecule has 0 spiro atoms. The molecule has 0 aliphatic heterocycles. The molecule has 2 rings (SSSR count). The molecule has 5 N–H and O–H groups in total. The number of amides is 1. The fraction of sp³-hybridized carbons (Fsp3) is 0. The van der Waals surface area contributed by atoms with Crippen molar-refractivity contribution in [3.05, 3.63) is 46.3 Å². The molecule has 0 radical (unpaired) electrons. The van der Waals surface area contributed by atoms with E-state index in [1.165, 1.54) is 24.4 Å². The Labute approximate surface area is 116 Å². The Hall–Kier alpha value is -2.15. The van der Waals surface area contributed by atoms with Crippen molar-refractivity contribution in [3.63, 3.8) is 0 Å². The van der Waals surface area contributed by atoms with E-state index in [2.05, 4.69) is 26.2 Å². The summed E-state index contributed by atoms with van der Waals surface area (Å²) < 4.78 is 13.8. The number of hydrogen-bond donors (Lipinski definition) is 3. The van der Waals surface area contributed by atoms with Crippen LogP contribution in [0.3, 0.4) is 0 Å². The molecule has 98 valence electrons. The SMILES string of the molecule is NC(=O)c1cc(Nc2cc(F)ccc2Br)ncc1N. The fourth-order valence-electron chi connectivity index (χ4n) is 1.48. The van der Waals surface area contributed by atoms with Gasteiger partial charge in [0, 0.05) is 4.47 Å². The van der Waals surface area contributed by atoms with Crippen LogP contribution in [-0.4, -0.2) is 10.9 Å². The average molecular weight is 325 g/mol. The zero-order valence-corrected chi connectivity index (χ0v) is 11.2. The fourth-order valence-corrected chi connectivity index (χ4v) is 1.82. The van der Waals surface area contributed by atoms with Gasteiger partial charge in [0.1, 0.15) is 11.6 Å². The Bertz CT molecular complexity index is 648. The predicted molar refractivity (Wildman–Crippen MR) is 74.5 cm³/mol. The lowest BCUT2D eigenvalue weighted by atomic mass is 10.2. The van der Waals surface area contributed by atoms with E-state index >= 15 is 0 Å². The molecular formula is C12H10BrFN4O. The van der Waals surface area contributed by atoms with Crippen LogP contribution < -0.4 is 16.8 Å². The minimum atomic E-state index is -0.652. The Morgan fingerprint density at radius 1 is 1.37 bits per heavy atom. The summed E-state index contributed by atoms with van der Waals surface area (Å²) in [5.74, 6) is -0.702. The standard InChI is InChI=1S/C12H10BrFN4O/c13-8-2-1-6(14)3-10(8)18-11-4-7(12(16)19)9(15)5-17-11/h1-5H,15H2,(H2,16,19)(H,17,18). The van der Waals surface area contributed by atoms with Crippen LogP contribution in [0.15, 0.2) is 34.9 Å². The van der Waals surface area contributed by atoms with Gasteiger partial charge in [0.15, 0.2) is 0 Å². The van der Waals surface area contributed by atoms with Crippen molar-refractivity contribution in [2.75, 3.05) is 11.1 Å². The first-order chi connectivity index (χ1) is 8.97. The molecule has 1 heterocycles. The summed E-state index contributed by atoms with van der Waals surface area (Å²) in [6, 6.07) is 5.59. The molecule has 1 aromatic heterocycles. The number of nitrogen functional groups attached to an aromatic ring is 1. The summed E-state index contributed by atoms with van der Waals surface area (Å²) in [6.07, 6.45) is 1.32. The molecule has 1 aromatic carbocycles. The van der Waals surface area contributed by atoms with Crippen molar-refractivity contribution in [1.29, 1.82) is 0 Å². The summed E-state index contributed by atoms with van der Waals surface area (Å²) in [4.78, 5) is 15.2. The lowest BCUT2D eigenvalue weighted by Crippen LogP contribution is -2.14. The van der Waals surface area contributed by atoms with Crippen LogP contribution in [0.25, 0.3) is 0 Å². The van der Waals surface area contributed by atoms with Gasteiger partial charge in [-0.3, -0.25) is 4.79 Å². The largest absolute Gasteiger partial charge is 0.397 e. The number of aromatic nitrogens is 1. The normalized spacial score (nSPS) is 10.2. The molecule has 0 aliphatic rings. The molecule has 1 amide bonds. The van der Waals surface area contributed by atoms with Crippen LogP contribution in [0, 0.1) is 5.82 Å². The maximum atomic E-state index is 13.1. The first-order valence-corrected chi connectivity index (χ1v) is 6.04. The van der Waals surface area contributed by atoms with E-state index in [-0.39, 0.29) is 11.3 Å². The third kappa shape index (κ3) is 3.00.